The normalized spacial score (nSPS) is 18.1. The maximum absolute atomic E-state index is 13.0. The summed E-state index contributed by atoms with van der Waals surface area (Å²) in [6.45, 7) is 4.14. The Hall–Kier alpha value is -2.06. The number of carbonyl (C=O) groups excluding carboxylic acids is 1. The van der Waals surface area contributed by atoms with Crippen molar-refractivity contribution in [1.29, 1.82) is 0 Å². The first-order chi connectivity index (χ1) is 16.1. The predicted molar refractivity (Wildman–Crippen MR) is 137 cm³/mol. The molecule has 1 amide bonds. The van der Waals surface area contributed by atoms with E-state index in [1.165, 1.54) is 39.3 Å². The molecule has 1 aromatic carbocycles. The van der Waals surface area contributed by atoms with Crippen LogP contribution < -0.4 is 5.32 Å². The lowest BCUT2D eigenvalue weighted by molar-refractivity contribution is 0.0996. The van der Waals surface area contributed by atoms with E-state index in [-0.39, 0.29) is 11.9 Å². The number of thioether (sulfide) groups is 1. The molecule has 0 saturated carbocycles. The molecule has 1 aliphatic carbocycles. The Labute approximate surface area is 204 Å². The Kier molecular flexibility index (Phi) is 6.92. The summed E-state index contributed by atoms with van der Waals surface area (Å²) in [5.74, 6) is 0.183. The van der Waals surface area contributed by atoms with Crippen LogP contribution in [0.4, 0.5) is 5.00 Å². The van der Waals surface area contributed by atoms with Crippen LogP contribution in [0.3, 0.4) is 0 Å². The predicted octanol–water partition coefficient (Wildman–Crippen LogP) is 5.53. The maximum Gasteiger partial charge on any atom is 0.291 e. The molecular formula is C26H31N3O2S2. The molecule has 33 heavy (non-hydrogen) atoms. The van der Waals surface area contributed by atoms with Gasteiger partial charge in [-0.15, -0.1) is 23.1 Å². The number of nitrogens with zero attached hydrogens (tertiary/aromatic N) is 2. The topological polar surface area (TPSA) is 48.7 Å². The van der Waals surface area contributed by atoms with Crippen molar-refractivity contribution in [2.45, 2.75) is 36.6 Å². The van der Waals surface area contributed by atoms with E-state index in [0.29, 0.717) is 5.76 Å². The molecule has 0 bridgehead atoms. The van der Waals surface area contributed by atoms with Crippen LogP contribution in [0.25, 0.3) is 0 Å². The molecule has 0 spiro atoms. The van der Waals surface area contributed by atoms with E-state index in [4.69, 9.17) is 4.42 Å². The summed E-state index contributed by atoms with van der Waals surface area (Å²) in [6.07, 6.45) is 8.29. The molecule has 1 aliphatic heterocycles. The number of hydrogen-bond donors (Lipinski definition) is 1. The minimum atomic E-state index is -0.172. The summed E-state index contributed by atoms with van der Waals surface area (Å²) in [4.78, 5) is 20.7. The van der Waals surface area contributed by atoms with Gasteiger partial charge in [-0.2, -0.15) is 0 Å². The molecule has 5 rings (SSSR count). The molecule has 7 heteroatoms. The summed E-state index contributed by atoms with van der Waals surface area (Å²) >= 11 is 3.54. The zero-order chi connectivity index (χ0) is 22.8. The summed E-state index contributed by atoms with van der Waals surface area (Å²) in [5, 5.41) is 4.22. The molecule has 1 fully saturated rings. The lowest BCUT2D eigenvalue weighted by Crippen LogP contribution is -2.46. The molecule has 2 aromatic heterocycles. The van der Waals surface area contributed by atoms with Crippen molar-refractivity contribution >= 4 is 34.0 Å². The molecule has 2 aliphatic rings. The quantitative estimate of drug-likeness (QED) is 0.469. The summed E-state index contributed by atoms with van der Waals surface area (Å²) in [5.41, 5.74) is 4.06. The highest BCUT2D eigenvalue weighted by molar-refractivity contribution is 7.98. The standard InChI is InChI=1S/C26H31N3O2S2/c1-28-13-15-29(16-14-28)24(18-9-11-19(32-2)12-10-18)23-20-6-3-4-8-22(20)33-26(23)27-25(30)21-7-5-17-31-21/h5,7,9-12,17,24H,3-4,6,8,13-16H2,1-2H3,(H,27,30)/t24-/m1/s1. The molecule has 0 unspecified atom stereocenters. The number of nitrogens with one attached hydrogen (secondary N) is 1. The number of likely N-dealkylation sites (N-methyl/N-ethyl adjacent to an activating group) is 1. The summed E-state index contributed by atoms with van der Waals surface area (Å²) in [6, 6.07) is 12.6. The Morgan fingerprint density at radius 3 is 2.55 bits per heavy atom. The molecule has 3 aromatic rings. The monoisotopic (exact) mass is 481 g/mol. The number of benzene rings is 1. The van der Waals surface area contributed by atoms with Crippen LogP contribution in [0.15, 0.2) is 52.0 Å². The highest BCUT2D eigenvalue weighted by atomic mass is 32.2. The van der Waals surface area contributed by atoms with Crippen molar-refractivity contribution in [3.63, 3.8) is 0 Å². The smallest absolute Gasteiger partial charge is 0.291 e. The Balaban J connectivity index is 1.59. The van der Waals surface area contributed by atoms with E-state index in [1.807, 2.05) is 0 Å². The molecule has 0 radical (unpaired) electrons. The van der Waals surface area contributed by atoms with Gasteiger partial charge in [-0.05, 0) is 74.4 Å². The van der Waals surface area contributed by atoms with Crippen molar-refractivity contribution in [3.8, 4) is 0 Å². The Morgan fingerprint density at radius 2 is 1.85 bits per heavy atom. The van der Waals surface area contributed by atoms with Crippen molar-refractivity contribution in [2.24, 2.45) is 0 Å². The SMILES string of the molecule is CSc1ccc([C@H](c2c(NC(=O)c3ccco3)sc3c2CCCC3)N2CCN(C)CC2)cc1. The van der Waals surface area contributed by atoms with E-state index in [2.05, 4.69) is 52.7 Å². The van der Waals surface area contributed by atoms with Gasteiger partial charge >= 0.3 is 0 Å². The van der Waals surface area contributed by atoms with Crippen LogP contribution in [-0.2, 0) is 12.8 Å². The minimum absolute atomic E-state index is 0.139. The average molecular weight is 482 g/mol. The van der Waals surface area contributed by atoms with Crippen LogP contribution in [-0.4, -0.2) is 55.2 Å². The van der Waals surface area contributed by atoms with Crippen molar-refractivity contribution in [1.82, 2.24) is 9.80 Å². The average Bonchev–Trinajstić information content (AvgIpc) is 3.50. The zero-order valence-electron chi connectivity index (χ0n) is 19.3. The van der Waals surface area contributed by atoms with Crippen molar-refractivity contribution in [3.05, 3.63) is 70.0 Å². The second-order valence-electron chi connectivity index (χ2n) is 8.90. The van der Waals surface area contributed by atoms with E-state index in [1.54, 1.807) is 41.5 Å². The van der Waals surface area contributed by atoms with Crippen molar-refractivity contribution < 1.29 is 9.21 Å². The molecule has 174 valence electrons. The van der Waals surface area contributed by atoms with E-state index >= 15 is 0 Å². The first-order valence-corrected chi connectivity index (χ1v) is 13.7. The van der Waals surface area contributed by atoms with Gasteiger partial charge in [0.2, 0.25) is 0 Å². The fraction of sp³-hybridized carbons (Fsp3) is 0.423. The van der Waals surface area contributed by atoms with Gasteiger partial charge in [0.1, 0.15) is 5.00 Å². The van der Waals surface area contributed by atoms with E-state index < -0.39 is 0 Å². The zero-order valence-corrected chi connectivity index (χ0v) is 20.9. The number of rotatable bonds is 6. The van der Waals surface area contributed by atoms with Gasteiger partial charge in [0.05, 0.1) is 12.3 Å². The minimum Gasteiger partial charge on any atom is -0.459 e. The highest BCUT2D eigenvalue weighted by Gasteiger charge is 2.33. The molecule has 1 atom stereocenters. The second-order valence-corrected chi connectivity index (χ2v) is 10.9. The molecule has 1 saturated heterocycles. The molecule has 3 heterocycles. The lowest BCUT2D eigenvalue weighted by Gasteiger charge is -2.39. The first kappa shape index (κ1) is 22.7. The number of hydrogen-bond acceptors (Lipinski definition) is 6. The fourth-order valence-electron chi connectivity index (χ4n) is 4.97. The Morgan fingerprint density at radius 1 is 1.09 bits per heavy atom. The second kappa shape index (κ2) is 10.1. The first-order valence-electron chi connectivity index (χ1n) is 11.7. The van der Waals surface area contributed by atoms with Gasteiger partial charge in [-0.25, -0.2) is 0 Å². The van der Waals surface area contributed by atoms with E-state index in [0.717, 1.165) is 44.0 Å². The molecular weight excluding hydrogens is 450 g/mol. The van der Waals surface area contributed by atoms with Gasteiger partial charge in [0.25, 0.3) is 5.91 Å². The number of piperazine rings is 1. The van der Waals surface area contributed by atoms with Crippen LogP contribution in [0.1, 0.15) is 51.0 Å². The van der Waals surface area contributed by atoms with Crippen LogP contribution >= 0.6 is 23.1 Å². The molecule has 1 N–H and O–H groups in total. The third-order valence-electron chi connectivity index (χ3n) is 6.79. The Bertz CT molecular complexity index is 1080. The highest BCUT2D eigenvalue weighted by Crippen LogP contribution is 2.46. The number of fused-ring (bicyclic) bond motifs is 1. The van der Waals surface area contributed by atoms with E-state index in [9.17, 15) is 4.79 Å². The number of amides is 1. The van der Waals surface area contributed by atoms with Gasteiger partial charge < -0.3 is 14.6 Å². The van der Waals surface area contributed by atoms with Crippen LogP contribution in [0, 0.1) is 0 Å². The van der Waals surface area contributed by atoms with Crippen LogP contribution in [0.2, 0.25) is 0 Å². The summed E-state index contributed by atoms with van der Waals surface area (Å²) in [7, 11) is 2.20. The van der Waals surface area contributed by atoms with Crippen molar-refractivity contribution in [2.75, 3.05) is 44.8 Å². The number of carbonyl (C=O) groups is 1. The number of thiophene rings is 1. The van der Waals surface area contributed by atoms with Gasteiger partial charge in [0, 0.05) is 41.5 Å². The fourth-order valence-corrected chi connectivity index (χ4v) is 6.70. The largest absolute Gasteiger partial charge is 0.459 e. The van der Waals surface area contributed by atoms with Crippen LogP contribution in [0.5, 0.6) is 0 Å². The lowest BCUT2D eigenvalue weighted by atomic mass is 9.88. The summed E-state index contributed by atoms with van der Waals surface area (Å²) < 4.78 is 5.38. The number of anilines is 1. The molecule has 5 nitrogen and oxygen atoms in total. The van der Waals surface area contributed by atoms with Gasteiger partial charge in [-0.3, -0.25) is 9.69 Å². The third kappa shape index (κ3) is 4.78. The number of furan rings is 1. The van der Waals surface area contributed by atoms with Gasteiger partial charge in [0.15, 0.2) is 5.76 Å². The maximum atomic E-state index is 13.0. The third-order valence-corrected chi connectivity index (χ3v) is 8.76. The number of aryl methyl sites for hydroxylation is 1. The van der Waals surface area contributed by atoms with Gasteiger partial charge in [-0.1, -0.05) is 12.1 Å².